The van der Waals surface area contributed by atoms with Gasteiger partial charge in [-0.25, -0.2) is 9.78 Å². The molecule has 5 heteroatoms. The first-order chi connectivity index (χ1) is 6.15. The van der Waals surface area contributed by atoms with Crippen LogP contribution in [0.2, 0.25) is 0 Å². The third-order valence-corrected chi connectivity index (χ3v) is 1.89. The van der Waals surface area contributed by atoms with Crippen molar-refractivity contribution in [2.75, 3.05) is 6.61 Å². The van der Waals surface area contributed by atoms with Gasteiger partial charge < -0.3 is 4.74 Å². The molecule has 0 saturated heterocycles. The Morgan fingerprint density at radius 1 is 1.77 bits per heavy atom. The zero-order chi connectivity index (χ0) is 9.84. The molecule has 0 aromatic carbocycles. The second-order valence-electron chi connectivity index (χ2n) is 2.21. The SMILES string of the molecule is CCOC(=O)c1cc(I)cnc1F. The highest BCUT2D eigenvalue weighted by Gasteiger charge is 2.13. The molecule has 0 aliphatic rings. The number of esters is 1. The molecule has 0 unspecified atom stereocenters. The molecule has 70 valence electrons. The van der Waals surface area contributed by atoms with Crippen molar-refractivity contribution >= 4 is 28.6 Å². The van der Waals surface area contributed by atoms with Crippen LogP contribution in [0.4, 0.5) is 4.39 Å². The molecule has 0 atom stereocenters. The van der Waals surface area contributed by atoms with Crippen molar-refractivity contribution in [3.8, 4) is 0 Å². The lowest BCUT2D eigenvalue weighted by Crippen LogP contribution is -2.08. The molecule has 3 nitrogen and oxygen atoms in total. The van der Waals surface area contributed by atoms with Crippen molar-refractivity contribution in [2.24, 2.45) is 0 Å². The molecule has 1 aromatic heterocycles. The number of ether oxygens (including phenoxy) is 1. The molecule has 0 N–H and O–H groups in total. The molecule has 0 amide bonds. The lowest BCUT2D eigenvalue weighted by atomic mass is 10.3. The van der Waals surface area contributed by atoms with Crippen LogP contribution in [-0.2, 0) is 4.74 Å². The van der Waals surface area contributed by atoms with E-state index in [4.69, 9.17) is 0 Å². The third kappa shape index (κ3) is 2.61. The quantitative estimate of drug-likeness (QED) is 0.476. The number of hydrogen-bond acceptors (Lipinski definition) is 3. The van der Waals surface area contributed by atoms with E-state index >= 15 is 0 Å². The molecule has 0 saturated carbocycles. The van der Waals surface area contributed by atoms with Gasteiger partial charge in [-0.2, -0.15) is 4.39 Å². The molecule has 0 aliphatic carbocycles. The number of rotatable bonds is 2. The number of carbonyl (C=O) groups is 1. The largest absolute Gasteiger partial charge is 0.462 e. The van der Waals surface area contributed by atoms with Crippen molar-refractivity contribution in [3.05, 3.63) is 27.3 Å². The summed E-state index contributed by atoms with van der Waals surface area (Å²) in [5.74, 6) is -1.47. The maximum absolute atomic E-state index is 12.9. The molecule has 0 radical (unpaired) electrons. The van der Waals surface area contributed by atoms with Gasteiger partial charge in [0.05, 0.1) is 6.61 Å². The van der Waals surface area contributed by atoms with E-state index in [1.807, 2.05) is 22.6 Å². The van der Waals surface area contributed by atoms with Crippen LogP contribution >= 0.6 is 22.6 Å². The summed E-state index contributed by atoms with van der Waals surface area (Å²) in [4.78, 5) is 14.5. The van der Waals surface area contributed by atoms with Gasteiger partial charge in [0.15, 0.2) is 0 Å². The van der Waals surface area contributed by atoms with Crippen LogP contribution in [-0.4, -0.2) is 17.6 Å². The van der Waals surface area contributed by atoms with Crippen molar-refractivity contribution in [1.82, 2.24) is 4.98 Å². The van der Waals surface area contributed by atoms with Crippen molar-refractivity contribution < 1.29 is 13.9 Å². The van der Waals surface area contributed by atoms with Crippen molar-refractivity contribution in [1.29, 1.82) is 0 Å². The van der Waals surface area contributed by atoms with Crippen LogP contribution in [0.1, 0.15) is 17.3 Å². The van der Waals surface area contributed by atoms with Crippen molar-refractivity contribution in [3.63, 3.8) is 0 Å². The predicted molar refractivity (Wildman–Crippen MR) is 52.9 cm³/mol. The minimum absolute atomic E-state index is 0.117. The molecular formula is C8H7FINO2. The highest BCUT2D eigenvalue weighted by molar-refractivity contribution is 14.1. The average Bonchev–Trinajstić information content (AvgIpc) is 2.09. The van der Waals surface area contributed by atoms with E-state index in [-0.39, 0.29) is 12.2 Å². The number of carbonyl (C=O) groups excluding carboxylic acids is 1. The monoisotopic (exact) mass is 295 g/mol. The van der Waals surface area contributed by atoms with E-state index in [2.05, 4.69) is 9.72 Å². The molecule has 0 spiro atoms. The minimum Gasteiger partial charge on any atom is -0.462 e. The lowest BCUT2D eigenvalue weighted by Gasteiger charge is -2.02. The Hall–Kier alpha value is -0.720. The van der Waals surface area contributed by atoms with E-state index in [1.54, 1.807) is 6.92 Å². The van der Waals surface area contributed by atoms with Gasteiger partial charge in [0.25, 0.3) is 0 Å². The highest BCUT2D eigenvalue weighted by atomic mass is 127. The van der Waals surface area contributed by atoms with Gasteiger partial charge >= 0.3 is 5.97 Å². The van der Waals surface area contributed by atoms with Gasteiger partial charge in [-0.05, 0) is 35.6 Å². The lowest BCUT2D eigenvalue weighted by molar-refractivity contribution is 0.0520. The van der Waals surface area contributed by atoms with E-state index in [0.29, 0.717) is 3.57 Å². The van der Waals surface area contributed by atoms with Crippen LogP contribution in [0.25, 0.3) is 0 Å². The van der Waals surface area contributed by atoms with E-state index < -0.39 is 11.9 Å². The van der Waals surface area contributed by atoms with Crippen molar-refractivity contribution in [2.45, 2.75) is 6.92 Å². The molecule has 0 bridgehead atoms. The normalized spacial score (nSPS) is 9.77. The summed E-state index contributed by atoms with van der Waals surface area (Å²) in [5, 5.41) is 0. The first-order valence-electron chi connectivity index (χ1n) is 3.63. The fourth-order valence-electron chi connectivity index (χ4n) is 0.775. The molecular weight excluding hydrogens is 288 g/mol. The second kappa shape index (κ2) is 4.50. The van der Waals surface area contributed by atoms with Gasteiger partial charge in [0.1, 0.15) is 5.56 Å². The maximum Gasteiger partial charge on any atom is 0.342 e. The van der Waals surface area contributed by atoms with Gasteiger partial charge in [-0.3, -0.25) is 0 Å². The molecule has 1 aromatic rings. The Morgan fingerprint density at radius 3 is 3.08 bits per heavy atom. The van der Waals surface area contributed by atoms with Gasteiger partial charge in [0, 0.05) is 9.77 Å². The number of halogens is 2. The summed E-state index contributed by atoms with van der Waals surface area (Å²) in [6.45, 7) is 1.89. The number of hydrogen-bond donors (Lipinski definition) is 0. The molecule has 1 rings (SSSR count). The standard InChI is InChI=1S/C8H7FINO2/c1-2-13-8(12)6-3-5(10)4-11-7(6)9/h3-4H,2H2,1H3. The number of nitrogens with zero attached hydrogens (tertiary/aromatic N) is 1. The first-order valence-corrected chi connectivity index (χ1v) is 4.71. The summed E-state index contributed by atoms with van der Waals surface area (Å²) in [6, 6.07) is 1.40. The fraction of sp³-hybridized carbons (Fsp3) is 0.250. The van der Waals surface area contributed by atoms with E-state index in [1.165, 1.54) is 12.3 Å². The summed E-state index contributed by atoms with van der Waals surface area (Å²) in [6.07, 6.45) is 1.35. The molecule has 0 fully saturated rings. The third-order valence-electron chi connectivity index (χ3n) is 1.30. The average molecular weight is 295 g/mol. The molecule has 0 aliphatic heterocycles. The van der Waals surface area contributed by atoms with Crippen LogP contribution in [0.5, 0.6) is 0 Å². The Bertz CT molecular complexity index is 330. The summed E-state index contributed by atoms with van der Waals surface area (Å²) < 4.78 is 18.3. The first kappa shape index (κ1) is 10.4. The summed E-state index contributed by atoms with van der Waals surface area (Å²) in [7, 11) is 0. The summed E-state index contributed by atoms with van der Waals surface area (Å²) >= 11 is 1.95. The van der Waals surface area contributed by atoms with Gasteiger partial charge in [0.2, 0.25) is 5.95 Å². The summed E-state index contributed by atoms with van der Waals surface area (Å²) in [5.41, 5.74) is -0.117. The van der Waals surface area contributed by atoms with Crippen LogP contribution in [0.15, 0.2) is 12.3 Å². The Balaban J connectivity index is 2.99. The maximum atomic E-state index is 12.9. The van der Waals surface area contributed by atoms with E-state index in [9.17, 15) is 9.18 Å². The van der Waals surface area contributed by atoms with Crippen LogP contribution in [0.3, 0.4) is 0 Å². The van der Waals surface area contributed by atoms with Gasteiger partial charge in [-0.15, -0.1) is 0 Å². The molecule has 1 heterocycles. The zero-order valence-corrected chi connectivity index (χ0v) is 9.04. The Kier molecular flexibility index (Phi) is 3.58. The Labute approximate surface area is 88.4 Å². The van der Waals surface area contributed by atoms with Crippen LogP contribution < -0.4 is 0 Å². The smallest absolute Gasteiger partial charge is 0.342 e. The Morgan fingerprint density at radius 2 is 2.46 bits per heavy atom. The second-order valence-corrected chi connectivity index (χ2v) is 3.46. The fourth-order valence-corrected chi connectivity index (χ4v) is 1.23. The predicted octanol–water partition coefficient (Wildman–Crippen LogP) is 2.00. The minimum atomic E-state index is -0.793. The number of aromatic nitrogens is 1. The zero-order valence-electron chi connectivity index (χ0n) is 6.88. The topological polar surface area (TPSA) is 39.2 Å². The van der Waals surface area contributed by atoms with Gasteiger partial charge in [-0.1, -0.05) is 0 Å². The van der Waals surface area contributed by atoms with E-state index in [0.717, 1.165) is 0 Å². The highest BCUT2D eigenvalue weighted by Crippen LogP contribution is 2.10. The number of pyridine rings is 1. The van der Waals surface area contributed by atoms with Crippen LogP contribution in [0, 0.1) is 9.52 Å². The molecule has 13 heavy (non-hydrogen) atoms.